The summed E-state index contributed by atoms with van der Waals surface area (Å²) in [5.41, 5.74) is 1.26. The van der Waals surface area contributed by atoms with E-state index in [9.17, 15) is 0 Å². The van der Waals surface area contributed by atoms with Crippen LogP contribution in [0, 0.1) is 11.3 Å². The summed E-state index contributed by atoms with van der Waals surface area (Å²) in [4.78, 5) is 4.90. The molecule has 1 aliphatic rings. The van der Waals surface area contributed by atoms with E-state index in [1.807, 2.05) is 0 Å². The number of piperazine rings is 1. The molecule has 0 amide bonds. The minimum Gasteiger partial charge on any atom is -0.493 e. The summed E-state index contributed by atoms with van der Waals surface area (Å²) in [5, 5.41) is 8.84. The van der Waals surface area contributed by atoms with Crippen LogP contribution in [-0.2, 0) is 6.54 Å². The number of hydrogen-bond donors (Lipinski definition) is 0. The highest BCUT2D eigenvalue weighted by molar-refractivity contribution is 5.41. The van der Waals surface area contributed by atoms with E-state index in [1.54, 1.807) is 0 Å². The lowest BCUT2D eigenvalue weighted by Crippen LogP contribution is -2.46. The van der Waals surface area contributed by atoms with E-state index < -0.39 is 0 Å². The summed E-state index contributed by atoms with van der Waals surface area (Å²) in [6.07, 6.45) is 15.9. The molecule has 1 aliphatic heterocycles. The van der Waals surface area contributed by atoms with Gasteiger partial charge in [-0.2, -0.15) is 5.26 Å². The van der Waals surface area contributed by atoms with E-state index in [0.717, 1.165) is 76.8 Å². The summed E-state index contributed by atoms with van der Waals surface area (Å²) in [7, 11) is 0. The van der Waals surface area contributed by atoms with Gasteiger partial charge in [-0.05, 0) is 18.9 Å². The maximum atomic E-state index is 8.84. The van der Waals surface area contributed by atoms with Crippen molar-refractivity contribution in [2.45, 2.75) is 104 Å². The molecule has 1 fully saturated rings. The number of rotatable bonds is 20. The molecule has 1 heterocycles. The van der Waals surface area contributed by atoms with Crippen molar-refractivity contribution in [1.29, 1.82) is 5.26 Å². The average molecular weight is 486 g/mol. The number of ether oxygens (including phenoxy) is 2. The fourth-order valence-corrected chi connectivity index (χ4v) is 4.65. The van der Waals surface area contributed by atoms with Crippen molar-refractivity contribution in [3.05, 3.63) is 23.8 Å². The topological polar surface area (TPSA) is 48.7 Å². The number of benzene rings is 1. The summed E-state index contributed by atoms with van der Waals surface area (Å²) in [6, 6.07) is 8.70. The minimum absolute atomic E-state index is 0.622. The predicted octanol–water partition coefficient (Wildman–Crippen LogP) is 7.20. The fraction of sp³-hybridized carbons (Fsp3) is 0.767. The minimum atomic E-state index is 0.622. The highest BCUT2D eigenvalue weighted by Gasteiger charge is 2.18. The number of nitrogens with zero attached hydrogens (tertiary/aromatic N) is 3. The van der Waals surface area contributed by atoms with Crippen molar-refractivity contribution in [2.24, 2.45) is 0 Å². The molecule has 0 saturated carbocycles. The van der Waals surface area contributed by atoms with E-state index in [0.29, 0.717) is 6.42 Å². The van der Waals surface area contributed by atoms with Crippen LogP contribution < -0.4 is 9.47 Å². The molecule has 0 bridgehead atoms. The summed E-state index contributed by atoms with van der Waals surface area (Å²) in [5.74, 6) is 1.92. The standard InChI is InChI=1S/C30H51N3O2/c1-3-5-7-9-11-13-24-34-29-17-16-28(27-33-22-20-32(21-23-33)19-15-18-31)30(26-29)35-25-14-12-10-8-6-4-2/h16-17,26H,3-15,19-25,27H2,1-2H3. The zero-order chi connectivity index (χ0) is 25.0. The van der Waals surface area contributed by atoms with Gasteiger partial charge in [-0.25, -0.2) is 0 Å². The average Bonchev–Trinajstić information content (AvgIpc) is 2.88. The van der Waals surface area contributed by atoms with Crippen LogP contribution in [0.5, 0.6) is 11.5 Å². The van der Waals surface area contributed by atoms with Gasteiger partial charge < -0.3 is 9.47 Å². The maximum Gasteiger partial charge on any atom is 0.127 e. The van der Waals surface area contributed by atoms with E-state index >= 15 is 0 Å². The highest BCUT2D eigenvalue weighted by Crippen LogP contribution is 2.27. The van der Waals surface area contributed by atoms with Crippen molar-refractivity contribution in [2.75, 3.05) is 45.9 Å². The highest BCUT2D eigenvalue weighted by atomic mass is 16.5. The normalized spacial score (nSPS) is 14.7. The Labute approximate surface area is 215 Å². The molecule has 0 aromatic heterocycles. The van der Waals surface area contributed by atoms with Crippen LogP contribution in [0.1, 0.15) is 103 Å². The van der Waals surface area contributed by atoms with Crippen molar-refractivity contribution in [1.82, 2.24) is 9.80 Å². The van der Waals surface area contributed by atoms with Crippen LogP contribution in [-0.4, -0.2) is 55.7 Å². The second kappa shape index (κ2) is 19.4. The molecule has 1 saturated heterocycles. The molecule has 0 aliphatic carbocycles. The van der Waals surface area contributed by atoms with Gasteiger partial charge in [0.2, 0.25) is 0 Å². The molecule has 198 valence electrons. The van der Waals surface area contributed by atoms with Crippen molar-refractivity contribution in [3.63, 3.8) is 0 Å². The molecule has 35 heavy (non-hydrogen) atoms. The van der Waals surface area contributed by atoms with Gasteiger partial charge in [0, 0.05) is 57.3 Å². The molecular formula is C30H51N3O2. The molecule has 0 atom stereocenters. The fourth-order valence-electron chi connectivity index (χ4n) is 4.65. The molecule has 1 aromatic carbocycles. The van der Waals surface area contributed by atoms with E-state index in [2.05, 4.69) is 47.9 Å². The van der Waals surface area contributed by atoms with Gasteiger partial charge >= 0.3 is 0 Å². The first-order valence-electron chi connectivity index (χ1n) is 14.5. The largest absolute Gasteiger partial charge is 0.493 e. The smallest absolute Gasteiger partial charge is 0.127 e. The summed E-state index contributed by atoms with van der Waals surface area (Å²) >= 11 is 0. The van der Waals surface area contributed by atoms with E-state index in [-0.39, 0.29) is 0 Å². The first-order valence-corrected chi connectivity index (χ1v) is 14.5. The van der Waals surface area contributed by atoms with Gasteiger partial charge in [0.25, 0.3) is 0 Å². The molecule has 1 aromatic rings. The second-order valence-corrected chi connectivity index (χ2v) is 10.0. The van der Waals surface area contributed by atoms with Crippen LogP contribution in [0.2, 0.25) is 0 Å². The van der Waals surface area contributed by atoms with Gasteiger partial charge in [0.05, 0.1) is 19.3 Å². The Morgan fingerprint density at radius 3 is 1.94 bits per heavy atom. The van der Waals surface area contributed by atoms with Gasteiger partial charge in [-0.3, -0.25) is 9.80 Å². The SMILES string of the molecule is CCCCCCCCOc1ccc(CN2CCN(CCC#N)CC2)c(OCCCCCCCC)c1. The Bertz CT molecular complexity index is 695. The molecule has 0 spiro atoms. The molecule has 5 nitrogen and oxygen atoms in total. The van der Waals surface area contributed by atoms with E-state index in [4.69, 9.17) is 14.7 Å². The lowest BCUT2D eigenvalue weighted by atomic mass is 10.1. The van der Waals surface area contributed by atoms with Crippen molar-refractivity contribution >= 4 is 0 Å². The third-order valence-electron chi connectivity index (χ3n) is 6.96. The zero-order valence-electron chi connectivity index (χ0n) is 22.7. The Hall–Kier alpha value is -1.77. The van der Waals surface area contributed by atoms with Crippen molar-refractivity contribution in [3.8, 4) is 17.6 Å². The summed E-state index contributed by atoms with van der Waals surface area (Å²) < 4.78 is 12.4. The lowest BCUT2D eigenvalue weighted by Gasteiger charge is -2.34. The molecule has 5 heteroatoms. The third-order valence-corrected chi connectivity index (χ3v) is 6.96. The van der Waals surface area contributed by atoms with Crippen LogP contribution in [0.4, 0.5) is 0 Å². The lowest BCUT2D eigenvalue weighted by molar-refractivity contribution is 0.128. The number of unbranched alkanes of at least 4 members (excludes halogenated alkanes) is 10. The van der Waals surface area contributed by atoms with Crippen LogP contribution in [0.3, 0.4) is 0 Å². The quantitative estimate of drug-likeness (QED) is 0.183. The van der Waals surface area contributed by atoms with Gasteiger partial charge in [-0.15, -0.1) is 0 Å². The van der Waals surface area contributed by atoms with E-state index in [1.165, 1.54) is 69.8 Å². The van der Waals surface area contributed by atoms with Crippen molar-refractivity contribution < 1.29 is 9.47 Å². The molecule has 0 radical (unpaired) electrons. The number of hydrogen-bond acceptors (Lipinski definition) is 5. The Morgan fingerprint density at radius 2 is 1.31 bits per heavy atom. The van der Waals surface area contributed by atoms with Gasteiger partial charge in [0.1, 0.15) is 11.5 Å². The van der Waals surface area contributed by atoms with Crippen LogP contribution in [0.25, 0.3) is 0 Å². The number of nitriles is 1. The second-order valence-electron chi connectivity index (χ2n) is 10.0. The molecular weight excluding hydrogens is 434 g/mol. The molecule has 2 rings (SSSR count). The van der Waals surface area contributed by atoms with Crippen LogP contribution in [0.15, 0.2) is 18.2 Å². The maximum absolute atomic E-state index is 8.84. The monoisotopic (exact) mass is 485 g/mol. The van der Waals surface area contributed by atoms with Gasteiger partial charge in [-0.1, -0.05) is 84.1 Å². The Morgan fingerprint density at radius 1 is 0.743 bits per heavy atom. The first-order chi connectivity index (χ1) is 17.3. The molecule has 0 N–H and O–H groups in total. The Balaban J connectivity index is 1.84. The first kappa shape index (κ1) is 29.5. The zero-order valence-corrected chi connectivity index (χ0v) is 22.7. The Kier molecular flexibility index (Phi) is 16.3. The van der Waals surface area contributed by atoms with Gasteiger partial charge in [0.15, 0.2) is 0 Å². The molecule has 0 unspecified atom stereocenters. The van der Waals surface area contributed by atoms with Crippen LogP contribution >= 0.6 is 0 Å². The predicted molar refractivity (Wildman–Crippen MR) is 146 cm³/mol. The third kappa shape index (κ3) is 13.2. The summed E-state index contributed by atoms with van der Waals surface area (Å²) in [6.45, 7) is 12.0.